The molecule has 200 valence electrons. The number of aromatic nitrogens is 3. The molecule has 1 aliphatic carbocycles. The molecular formula is C28H25Cl2N5O4. The fourth-order valence-corrected chi connectivity index (χ4v) is 6.18. The van der Waals surface area contributed by atoms with Crippen molar-refractivity contribution < 1.29 is 14.3 Å². The molecule has 3 aromatic heterocycles. The van der Waals surface area contributed by atoms with Crippen LogP contribution in [-0.4, -0.2) is 53.7 Å². The number of methoxy groups -OCH3 is 1. The summed E-state index contributed by atoms with van der Waals surface area (Å²) in [5.74, 6) is 1.90. The largest absolute Gasteiger partial charge is 0.481 e. The Balaban J connectivity index is 1.43. The number of fused-ring (bicyclic) bond motifs is 2. The SMILES string of the molecule is CNc1cc(-n2cc(C=O)c(=O)c3cc(Cl)c(N4CC5CC4(COc4nc(OC)ccc4Cl)C5)cc32)ccn1. The number of aldehydes is 1. The Hall–Kier alpha value is -3.82. The molecule has 0 amide bonds. The van der Waals surface area contributed by atoms with Crippen molar-refractivity contribution in [3.8, 4) is 17.4 Å². The average molecular weight is 566 g/mol. The zero-order valence-electron chi connectivity index (χ0n) is 21.3. The second-order valence-corrected chi connectivity index (χ2v) is 10.7. The van der Waals surface area contributed by atoms with Crippen molar-refractivity contribution in [1.82, 2.24) is 14.5 Å². The monoisotopic (exact) mass is 565 g/mol. The van der Waals surface area contributed by atoms with E-state index < -0.39 is 0 Å². The van der Waals surface area contributed by atoms with E-state index in [9.17, 15) is 9.59 Å². The number of benzene rings is 1. The Morgan fingerprint density at radius 3 is 2.74 bits per heavy atom. The van der Waals surface area contributed by atoms with Gasteiger partial charge in [-0.25, -0.2) is 4.98 Å². The molecule has 3 fully saturated rings. The van der Waals surface area contributed by atoms with Gasteiger partial charge in [0.2, 0.25) is 11.8 Å². The van der Waals surface area contributed by atoms with Crippen LogP contribution in [0, 0.1) is 5.92 Å². The van der Waals surface area contributed by atoms with Crippen LogP contribution in [0.2, 0.25) is 10.0 Å². The van der Waals surface area contributed by atoms with Crippen LogP contribution < -0.4 is 25.1 Å². The van der Waals surface area contributed by atoms with Crippen LogP contribution in [0.5, 0.6) is 11.8 Å². The highest BCUT2D eigenvalue weighted by atomic mass is 35.5. The second kappa shape index (κ2) is 9.73. The van der Waals surface area contributed by atoms with Gasteiger partial charge in [0.15, 0.2) is 11.7 Å². The minimum absolute atomic E-state index is 0.0464. The van der Waals surface area contributed by atoms with E-state index in [0.717, 1.165) is 30.8 Å². The lowest BCUT2D eigenvalue weighted by atomic mass is 9.74. The lowest BCUT2D eigenvalue weighted by molar-refractivity contribution is 0.112. The highest BCUT2D eigenvalue weighted by Gasteiger charge is 2.57. The Bertz CT molecular complexity index is 1670. The van der Waals surface area contributed by atoms with Gasteiger partial charge in [0.05, 0.1) is 40.1 Å². The summed E-state index contributed by atoms with van der Waals surface area (Å²) in [6.45, 7) is 1.17. The average Bonchev–Trinajstić information content (AvgIpc) is 3.48. The highest BCUT2D eigenvalue weighted by Crippen LogP contribution is 2.54. The van der Waals surface area contributed by atoms with Crippen LogP contribution in [0.1, 0.15) is 23.2 Å². The summed E-state index contributed by atoms with van der Waals surface area (Å²) in [5, 5.41) is 4.23. The van der Waals surface area contributed by atoms with Gasteiger partial charge in [-0.05, 0) is 43.0 Å². The first-order chi connectivity index (χ1) is 18.9. The van der Waals surface area contributed by atoms with Gasteiger partial charge >= 0.3 is 0 Å². The molecular weight excluding hydrogens is 541 g/mol. The van der Waals surface area contributed by atoms with E-state index in [1.165, 1.54) is 0 Å². The number of anilines is 2. The number of hydrogen-bond donors (Lipinski definition) is 1. The number of rotatable bonds is 8. The Morgan fingerprint density at radius 2 is 2.00 bits per heavy atom. The maximum absolute atomic E-state index is 13.1. The van der Waals surface area contributed by atoms with Gasteiger partial charge in [-0.15, -0.1) is 0 Å². The third-order valence-electron chi connectivity index (χ3n) is 7.62. The number of ether oxygens (including phenoxy) is 2. The molecule has 2 aliphatic heterocycles. The molecule has 0 radical (unpaired) electrons. The first-order valence-electron chi connectivity index (χ1n) is 12.4. The molecule has 1 saturated carbocycles. The van der Waals surface area contributed by atoms with E-state index in [1.54, 1.807) is 44.8 Å². The molecule has 0 spiro atoms. The maximum atomic E-state index is 13.1. The molecule has 5 heterocycles. The van der Waals surface area contributed by atoms with E-state index in [0.29, 0.717) is 57.3 Å². The quantitative estimate of drug-likeness (QED) is 0.298. The first-order valence-corrected chi connectivity index (χ1v) is 13.2. The van der Waals surface area contributed by atoms with Crippen molar-refractivity contribution in [2.75, 3.05) is 37.5 Å². The molecule has 7 rings (SSSR count). The predicted molar refractivity (Wildman–Crippen MR) is 151 cm³/mol. The number of nitrogens with one attached hydrogen (secondary N) is 1. The predicted octanol–water partition coefficient (Wildman–Crippen LogP) is 5.00. The molecule has 0 atom stereocenters. The number of carbonyl (C=O) groups excluding carboxylic acids is 1. The minimum atomic E-state index is -0.366. The van der Waals surface area contributed by atoms with Crippen LogP contribution in [0.15, 0.2) is 53.6 Å². The van der Waals surface area contributed by atoms with Gasteiger partial charge < -0.3 is 24.3 Å². The van der Waals surface area contributed by atoms with E-state index >= 15 is 0 Å². The van der Waals surface area contributed by atoms with Crippen molar-refractivity contribution in [2.24, 2.45) is 5.92 Å². The molecule has 2 saturated heterocycles. The summed E-state index contributed by atoms with van der Waals surface area (Å²) in [5.41, 5.74) is 1.57. The fourth-order valence-electron chi connectivity index (χ4n) is 5.76. The standard InChI is InChI=1S/C28H25Cl2N5O4/c1-31-24-7-18(5-6-32-24)34-13-17(14-36)26(37)19-8-21(30)23(9-22(19)34)35-12-16-10-28(35,11-16)15-39-27-20(29)3-4-25(33-27)38-2/h3-9,13-14,16H,10-12,15H2,1-2H3,(H,31,32). The third kappa shape index (κ3) is 4.26. The van der Waals surface area contributed by atoms with E-state index in [2.05, 4.69) is 20.2 Å². The van der Waals surface area contributed by atoms with Gasteiger partial charge in [-0.3, -0.25) is 9.59 Å². The van der Waals surface area contributed by atoms with Gasteiger partial charge in [-0.2, -0.15) is 4.98 Å². The van der Waals surface area contributed by atoms with Gasteiger partial charge in [0.1, 0.15) is 17.4 Å². The smallest absolute Gasteiger partial charge is 0.235 e. The number of halogens is 2. The number of nitrogens with zero attached hydrogens (tertiary/aromatic N) is 4. The molecule has 1 aromatic carbocycles. The Kier molecular flexibility index (Phi) is 6.35. The molecule has 9 nitrogen and oxygen atoms in total. The van der Waals surface area contributed by atoms with Crippen LogP contribution in [0.3, 0.4) is 0 Å². The molecule has 2 bridgehead atoms. The van der Waals surface area contributed by atoms with Gasteiger partial charge in [-0.1, -0.05) is 23.2 Å². The molecule has 3 aliphatic rings. The summed E-state index contributed by atoms with van der Waals surface area (Å²) in [6.07, 6.45) is 5.68. The Morgan fingerprint density at radius 1 is 1.18 bits per heavy atom. The third-order valence-corrected chi connectivity index (χ3v) is 8.21. The zero-order valence-corrected chi connectivity index (χ0v) is 22.8. The summed E-state index contributed by atoms with van der Waals surface area (Å²) < 4.78 is 13.2. The fraction of sp³-hybridized carbons (Fsp3) is 0.286. The van der Waals surface area contributed by atoms with E-state index in [-0.39, 0.29) is 16.5 Å². The van der Waals surface area contributed by atoms with Crippen molar-refractivity contribution in [1.29, 1.82) is 0 Å². The normalized spacial score (nSPS) is 19.6. The molecule has 0 unspecified atom stereocenters. The van der Waals surface area contributed by atoms with Crippen molar-refractivity contribution in [3.63, 3.8) is 0 Å². The maximum Gasteiger partial charge on any atom is 0.235 e. The van der Waals surface area contributed by atoms with E-state index in [1.807, 2.05) is 22.8 Å². The minimum Gasteiger partial charge on any atom is -0.481 e. The summed E-state index contributed by atoms with van der Waals surface area (Å²) in [6, 6.07) is 10.6. The Labute approximate surface area is 234 Å². The van der Waals surface area contributed by atoms with Crippen LogP contribution in [0.4, 0.5) is 11.5 Å². The van der Waals surface area contributed by atoms with Gasteiger partial charge in [0, 0.05) is 43.5 Å². The molecule has 1 N–H and O–H groups in total. The molecule has 11 heteroatoms. The van der Waals surface area contributed by atoms with Crippen molar-refractivity contribution in [2.45, 2.75) is 18.4 Å². The number of pyridine rings is 3. The lowest BCUT2D eigenvalue weighted by Crippen LogP contribution is -2.51. The number of hydrogen-bond acceptors (Lipinski definition) is 8. The van der Waals surface area contributed by atoms with E-state index in [4.69, 9.17) is 32.7 Å². The zero-order chi connectivity index (χ0) is 27.3. The summed E-state index contributed by atoms with van der Waals surface area (Å²) in [7, 11) is 3.32. The second-order valence-electron chi connectivity index (χ2n) is 9.91. The highest BCUT2D eigenvalue weighted by molar-refractivity contribution is 6.34. The van der Waals surface area contributed by atoms with Crippen LogP contribution in [0.25, 0.3) is 16.6 Å². The molecule has 4 aromatic rings. The van der Waals surface area contributed by atoms with Gasteiger partial charge in [0.25, 0.3) is 0 Å². The topological polar surface area (TPSA) is 98.6 Å². The first kappa shape index (κ1) is 25.5. The summed E-state index contributed by atoms with van der Waals surface area (Å²) >= 11 is 13.2. The lowest BCUT2D eigenvalue weighted by Gasteiger charge is -2.43. The number of carbonyl (C=O) groups is 1. The summed E-state index contributed by atoms with van der Waals surface area (Å²) in [4.78, 5) is 35.8. The molecule has 39 heavy (non-hydrogen) atoms. The van der Waals surface area contributed by atoms with Crippen LogP contribution in [-0.2, 0) is 0 Å². The van der Waals surface area contributed by atoms with Crippen LogP contribution >= 0.6 is 23.2 Å². The van der Waals surface area contributed by atoms with Crippen molar-refractivity contribution in [3.05, 3.63) is 74.6 Å². The van der Waals surface area contributed by atoms with Crippen molar-refractivity contribution >= 4 is 51.9 Å².